The first-order chi connectivity index (χ1) is 11.0. The van der Waals surface area contributed by atoms with E-state index >= 15 is 0 Å². The fourth-order valence-electron chi connectivity index (χ4n) is 2.36. The van der Waals surface area contributed by atoms with Crippen molar-refractivity contribution in [3.63, 3.8) is 0 Å². The first-order valence-corrected chi connectivity index (χ1v) is 7.38. The largest absolute Gasteiger partial charge is 0.496 e. The van der Waals surface area contributed by atoms with Gasteiger partial charge in [-0.05, 0) is 30.7 Å². The van der Waals surface area contributed by atoms with Crippen molar-refractivity contribution in [2.75, 3.05) is 13.7 Å². The molecule has 0 radical (unpaired) electrons. The van der Waals surface area contributed by atoms with Gasteiger partial charge in [0.25, 0.3) is 0 Å². The predicted octanol–water partition coefficient (Wildman–Crippen LogP) is 3.56. The number of benzene rings is 2. The third-order valence-corrected chi connectivity index (χ3v) is 3.63. The second-order valence-electron chi connectivity index (χ2n) is 5.14. The number of amides is 1. The number of para-hydroxylation sites is 1. The van der Waals surface area contributed by atoms with Gasteiger partial charge >= 0.3 is 0 Å². The first-order valence-electron chi connectivity index (χ1n) is 7.38. The predicted molar refractivity (Wildman–Crippen MR) is 84.1 cm³/mol. The topological polar surface area (TPSA) is 29.5 Å². The first kappa shape index (κ1) is 16.9. The molecule has 0 unspecified atom stereocenters. The summed E-state index contributed by atoms with van der Waals surface area (Å²) >= 11 is 0. The molecule has 0 aromatic heterocycles. The van der Waals surface area contributed by atoms with Gasteiger partial charge in [0.1, 0.15) is 5.75 Å². The zero-order valence-electron chi connectivity index (χ0n) is 13.2. The van der Waals surface area contributed by atoms with Gasteiger partial charge in [-0.15, -0.1) is 0 Å². The van der Waals surface area contributed by atoms with E-state index in [4.69, 9.17) is 4.74 Å². The highest BCUT2D eigenvalue weighted by Crippen LogP contribution is 2.19. The molecule has 0 bridgehead atoms. The van der Waals surface area contributed by atoms with E-state index in [-0.39, 0.29) is 18.9 Å². The lowest BCUT2D eigenvalue weighted by atomic mass is 10.1. The van der Waals surface area contributed by atoms with Gasteiger partial charge in [0, 0.05) is 18.7 Å². The lowest BCUT2D eigenvalue weighted by molar-refractivity contribution is -0.130. The van der Waals surface area contributed by atoms with Gasteiger partial charge < -0.3 is 9.64 Å². The lowest BCUT2D eigenvalue weighted by Crippen LogP contribution is -2.31. The van der Waals surface area contributed by atoms with Crippen LogP contribution >= 0.6 is 0 Å². The standard InChI is InChI=1S/C18H19F2NO2/c1-3-21(12-13-8-9-15(19)16(20)10-13)18(22)11-14-6-4-5-7-17(14)23-2/h4-10H,3,11-12H2,1-2H3. The zero-order valence-corrected chi connectivity index (χ0v) is 13.2. The van der Waals surface area contributed by atoms with Crippen LogP contribution in [0.4, 0.5) is 8.78 Å². The Balaban J connectivity index is 2.10. The van der Waals surface area contributed by atoms with Crippen LogP contribution in [0.5, 0.6) is 5.75 Å². The van der Waals surface area contributed by atoms with E-state index in [1.165, 1.54) is 6.07 Å². The summed E-state index contributed by atoms with van der Waals surface area (Å²) in [5.74, 6) is -1.24. The summed E-state index contributed by atoms with van der Waals surface area (Å²) in [6.45, 7) is 2.56. The van der Waals surface area contributed by atoms with Crippen LogP contribution < -0.4 is 4.74 Å². The Kier molecular flexibility index (Phi) is 5.68. The van der Waals surface area contributed by atoms with Gasteiger partial charge in [0.2, 0.25) is 5.91 Å². The van der Waals surface area contributed by atoms with Gasteiger partial charge in [-0.3, -0.25) is 4.79 Å². The number of nitrogens with zero attached hydrogens (tertiary/aromatic N) is 1. The average Bonchev–Trinajstić information content (AvgIpc) is 2.56. The summed E-state index contributed by atoms with van der Waals surface area (Å²) in [5.41, 5.74) is 1.35. The number of hydrogen-bond donors (Lipinski definition) is 0. The van der Waals surface area contributed by atoms with Crippen molar-refractivity contribution >= 4 is 5.91 Å². The van der Waals surface area contributed by atoms with Crippen LogP contribution in [0.2, 0.25) is 0 Å². The van der Waals surface area contributed by atoms with E-state index in [1.54, 1.807) is 18.1 Å². The number of halogens is 2. The highest BCUT2D eigenvalue weighted by atomic mass is 19.2. The number of ether oxygens (including phenoxy) is 1. The van der Waals surface area contributed by atoms with E-state index in [1.807, 2.05) is 25.1 Å². The molecule has 1 amide bonds. The number of likely N-dealkylation sites (N-methyl/N-ethyl adjacent to an activating group) is 1. The number of hydrogen-bond acceptors (Lipinski definition) is 2. The minimum atomic E-state index is -0.907. The molecule has 3 nitrogen and oxygen atoms in total. The summed E-state index contributed by atoms with van der Waals surface area (Å²) in [7, 11) is 1.56. The number of carbonyl (C=O) groups excluding carboxylic acids is 1. The van der Waals surface area contributed by atoms with E-state index in [9.17, 15) is 13.6 Å². The molecule has 0 fully saturated rings. The summed E-state index contributed by atoms with van der Waals surface area (Å²) in [4.78, 5) is 14.1. The van der Waals surface area contributed by atoms with E-state index in [2.05, 4.69) is 0 Å². The van der Waals surface area contributed by atoms with E-state index < -0.39 is 11.6 Å². The molecule has 0 atom stereocenters. The van der Waals surface area contributed by atoms with Gasteiger partial charge in [0.05, 0.1) is 13.5 Å². The highest BCUT2D eigenvalue weighted by molar-refractivity contribution is 5.79. The molecule has 23 heavy (non-hydrogen) atoms. The number of methoxy groups -OCH3 is 1. The smallest absolute Gasteiger partial charge is 0.227 e. The maximum Gasteiger partial charge on any atom is 0.227 e. The Labute approximate surface area is 134 Å². The normalized spacial score (nSPS) is 10.4. The Bertz CT molecular complexity index is 688. The maximum atomic E-state index is 13.3. The SMILES string of the molecule is CCN(Cc1ccc(F)c(F)c1)C(=O)Cc1ccccc1OC. The molecular formula is C18H19F2NO2. The van der Waals surface area contributed by atoms with Crippen LogP contribution in [0.3, 0.4) is 0 Å². The zero-order chi connectivity index (χ0) is 16.8. The van der Waals surface area contributed by atoms with Crippen molar-refractivity contribution in [3.05, 3.63) is 65.2 Å². The summed E-state index contributed by atoms with van der Waals surface area (Å²) in [6, 6.07) is 11.0. The fourth-order valence-corrected chi connectivity index (χ4v) is 2.36. The molecule has 0 heterocycles. The molecule has 0 spiro atoms. The number of carbonyl (C=O) groups is 1. The Hall–Kier alpha value is -2.43. The maximum absolute atomic E-state index is 13.3. The van der Waals surface area contributed by atoms with E-state index in [0.717, 1.165) is 17.7 Å². The molecule has 0 saturated heterocycles. The molecule has 2 rings (SSSR count). The quantitative estimate of drug-likeness (QED) is 0.815. The minimum Gasteiger partial charge on any atom is -0.496 e. The second kappa shape index (κ2) is 7.72. The van der Waals surface area contributed by atoms with Crippen LogP contribution in [0.25, 0.3) is 0 Å². The third-order valence-electron chi connectivity index (χ3n) is 3.63. The van der Waals surface area contributed by atoms with Gasteiger partial charge in [0.15, 0.2) is 11.6 Å². The van der Waals surface area contributed by atoms with Crippen molar-refractivity contribution < 1.29 is 18.3 Å². The van der Waals surface area contributed by atoms with Gasteiger partial charge in [-0.1, -0.05) is 24.3 Å². The molecular weight excluding hydrogens is 300 g/mol. The summed E-state index contributed by atoms with van der Waals surface area (Å²) < 4.78 is 31.5. The minimum absolute atomic E-state index is 0.0956. The molecule has 0 aliphatic heterocycles. The van der Waals surface area contributed by atoms with Crippen molar-refractivity contribution in [1.82, 2.24) is 4.90 Å². The van der Waals surface area contributed by atoms with Crippen molar-refractivity contribution in [2.45, 2.75) is 19.9 Å². The Morgan fingerprint density at radius 2 is 1.87 bits per heavy atom. The van der Waals surface area contributed by atoms with Crippen LogP contribution in [-0.2, 0) is 17.8 Å². The summed E-state index contributed by atoms with van der Waals surface area (Å²) in [6.07, 6.45) is 0.196. The van der Waals surface area contributed by atoms with Gasteiger partial charge in [-0.2, -0.15) is 0 Å². The van der Waals surface area contributed by atoms with Crippen LogP contribution in [0, 0.1) is 11.6 Å². The molecule has 2 aromatic rings. The van der Waals surface area contributed by atoms with Crippen LogP contribution in [0.1, 0.15) is 18.1 Å². The van der Waals surface area contributed by atoms with Crippen LogP contribution in [-0.4, -0.2) is 24.5 Å². The van der Waals surface area contributed by atoms with E-state index in [0.29, 0.717) is 17.9 Å². The molecule has 0 aliphatic rings. The summed E-state index contributed by atoms with van der Waals surface area (Å²) in [5, 5.41) is 0. The highest BCUT2D eigenvalue weighted by Gasteiger charge is 2.15. The Morgan fingerprint density at radius 1 is 1.13 bits per heavy atom. The molecule has 5 heteroatoms. The second-order valence-corrected chi connectivity index (χ2v) is 5.14. The van der Waals surface area contributed by atoms with Crippen LogP contribution in [0.15, 0.2) is 42.5 Å². The third kappa shape index (κ3) is 4.28. The monoisotopic (exact) mass is 319 g/mol. The van der Waals surface area contributed by atoms with Crippen molar-refractivity contribution in [1.29, 1.82) is 0 Å². The van der Waals surface area contributed by atoms with Crippen molar-refractivity contribution in [3.8, 4) is 5.75 Å². The lowest BCUT2D eigenvalue weighted by Gasteiger charge is -2.21. The van der Waals surface area contributed by atoms with Crippen molar-refractivity contribution in [2.24, 2.45) is 0 Å². The molecule has 0 N–H and O–H groups in total. The fraction of sp³-hybridized carbons (Fsp3) is 0.278. The molecule has 2 aromatic carbocycles. The Morgan fingerprint density at radius 3 is 2.52 bits per heavy atom. The number of rotatable bonds is 6. The molecule has 0 aliphatic carbocycles. The van der Waals surface area contributed by atoms with Gasteiger partial charge in [-0.25, -0.2) is 8.78 Å². The average molecular weight is 319 g/mol. The molecule has 0 saturated carbocycles. The molecule has 122 valence electrons.